The molecule has 0 aliphatic heterocycles. The van der Waals surface area contributed by atoms with Crippen LogP contribution in [0.2, 0.25) is 0 Å². The minimum atomic E-state index is -0.138. The van der Waals surface area contributed by atoms with E-state index in [0.717, 1.165) is 16.9 Å². The molecule has 0 radical (unpaired) electrons. The maximum atomic E-state index is 12.6. The van der Waals surface area contributed by atoms with Gasteiger partial charge in [-0.15, -0.1) is 0 Å². The number of benzene rings is 2. The lowest BCUT2D eigenvalue weighted by Crippen LogP contribution is -2.26. The van der Waals surface area contributed by atoms with Crippen LogP contribution in [0.15, 0.2) is 42.5 Å². The predicted octanol–water partition coefficient (Wildman–Crippen LogP) is 4.39. The predicted molar refractivity (Wildman–Crippen MR) is 115 cm³/mol. The van der Waals surface area contributed by atoms with Gasteiger partial charge in [-0.3, -0.25) is 4.79 Å². The van der Waals surface area contributed by atoms with E-state index in [1.54, 1.807) is 18.2 Å². The third-order valence-corrected chi connectivity index (χ3v) is 4.62. The largest absolute Gasteiger partial charge is 0.490 e. The number of amides is 1. The highest BCUT2D eigenvalue weighted by atomic mass is 16.5. The van der Waals surface area contributed by atoms with E-state index in [0.29, 0.717) is 49.3 Å². The topological polar surface area (TPSA) is 65.4 Å². The first-order valence-electron chi connectivity index (χ1n) is 10.2. The van der Waals surface area contributed by atoms with Crippen molar-refractivity contribution in [3.63, 3.8) is 0 Å². The summed E-state index contributed by atoms with van der Waals surface area (Å²) in [5, 5.41) is 2.99. The number of para-hydroxylation sites is 2. The number of ether oxygens (including phenoxy) is 2. The van der Waals surface area contributed by atoms with E-state index in [1.165, 1.54) is 0 Å². The first-order valence-corrected chi connectivity index (χ1v) is 10.2. The second-order valence-electron chi connectivity index (χ2n) is 7.01. The molecule has 3 aromatic rings. The first kappa shape index (κ1) is 20.7. The molecule has 1 heterocycles. The van der Waals surface area contributed by atoms with E-state index >= 15 is 0 Å². The summed E-state index contributed by atoms with van der Waals surface area (Å²) in [5.41, 5.74) is 2.65. The molecule has 2 aromatic carbocycles. The van der Waals surface area contributed by atoms with Crippen molar-refractivity contribution in [2.45, 2.75) is 40.2 Å². The van der Waals surface area contributed by atoms with Crippen molar-refractivity contribution in [3.8, 4) is 11.5 Å². The Morgan fingerprint density at radius 2 is 1.79 bits per heavy atom. The zero-order chi connectivity index (χ0) is 20.8. The molecule has 0 saturated carbocycles. The average Bonchev–Trinajstić information content (AvgIpc) is 3.08. The Bertz CT molecular complexity index is 979. The summed E-state index contributed by atoms with van der Waals surface area (Å²) in [6.07, 6.45) is 0.661. The maximum absolute atomic E-state index is 12.6. The molecule has 0 aliphatic rings. The Balaban J connectivity index is 1.69. The van der Waals surface area contributed by atoms with Gasteiger partial charge in [0.2, 0.25) is 0 Å². The summed E-state index contributed by atoms with van der Waals surface area (Å²) in [6, 6.07) is 13.7. The Labute approximate surface area is 171 Å². The van der Waals surface area contributed by atoms with Crippen molar-refractivity contribution < 1.29 is 14.3 Å². The molecule has 1 amide bonds. The number of nitrogens with one attached hydrogen (secondary N) is 1. The van der Waals surface area contributed by atoms with Crippen LogP contribution in [0.25, 0.3) is 11.0 Å². The van der Waals surface area contributed by atoms with Crippen LogP contribution in [0.3, 0.4) is 0 Å². The molecule has 0 saturated heterocycles. The zero-order valence-electron chi connectivity index (χ0n) is 17.6. The fourth-order valence-electron chi connectivity index (χ4n) is 3.43. The lowest BCUT2D eigenvalue weighted by atomic mass is 10.2. The number of nitrogens with zero attached hydrogens (tertiary/aromatic N) is 2. The van der Waals surface area contributed by atoms with E-state index < -0.39 is 0 Å². The average molecular weight is 396 g/mol. The van der Waals surface area contributed by atoms with Crippen molar-refractivity contribution in [3.05, 3.63) is 53.9 Å². The fraction of sp³-hybridized carbons (Fsp3) is 0.391. The SMILES string of the molecule is CCOc1ccc(C(=O)NCCc2nc3ccccc3n2C(C)C)cc1OCC. The van der Waals surface area contributed by atoms with Gasteiger partial charge < -0.3 is 19.4 Å². The quantitative estimate of drug-likeness (QED) is 0.584. The van der Waals surface area contributed by atoms with Crippen LogP contribution in [-0.4, -0.2) is 35.2 Å². The number of imidazole rings is 1. The Morgan fingerprint density at radius 1 is 1.07 bits per heavy atom. The summed E-state index contributed by atoms with van der Waals surface area (Å²) in [6.45, 7) is 9.67. The molecule has 6 nitrogen and oxygen atoms in total. The van der Waals surface area contributed by atoms with E-state index in [1.807, 2.05) is 32.0 Å². The van der Waals surface area contributed by atoms with Gasteiger partial charge in [0.25, 0.3) is 5.91 Å². The van der Waals surface area contributed by atoms with Gasteiger partial charge in [-0.1, -0.05) is 12.1 Å². The second kappa shape index (κ2) is 9.45. The van der Waals surface area contributed by atoms with Crippen LogP contribution in [0, 0.1) is 0 Å². The standard InChI is InChI=1S/C23H29N3O3/c1-5-28-20-12-11-17(15-21(20)29-6-2)23(27)24-14-13-22-25-18-9-7-8-10-19(18)26(22)16(3)4/h7-12,15-16H,5-6,13-14H2,1-4H3,(H,24,27). The lowest BCUT2D eigenvalue weighted by Gasteiger charge is -2.14. The minimum absolute atomic E-state index is 0.138. The number of carbonyl (C=O) groups excluding carboxylic acids is 1. The number of carbonyl (C=O) groups is 1. The van der Waals surface area contributed by atoms with Gasteiger partial charge >= 0.3 is 0 Å². The molecule has 1 aromatic heterocycles. The number of aromatic nitrogens is 2. The Kier molecular flexibility index (Phi) is 6.75. The molecule has 0 bridgehead atoms. The highest BCUT2D eigenvalue weighted by Gasteiger charge is 2.14. The van der Waals surface area contributed by atoms with Crippen molar-refractivity contribution in [2.24, 2.45) is 0 Å². The smallest absolute Gasteiger partial charge is 0.251 e. The van der Waals surface area contributed by atoms with E-state index in [9.17, 15) is 4.79 Å². The summed E-state index contributed by atoms with van der Waals surface area (Å²) in [4.78, 5) is 17.4. The van der Waals surface area contributed by atoms with E-state index in [2.05, 4.69) is 29.8 Å². The number of hydrogen-bond acceptors (Lipinski definition) is 4. The van der Waals surface area contributed by atoms with Gasteiger partial charge in [-0.2, -0.15) is 0 Å². The normalized spacial score (nSPS) is 11.1. The maximum Gasteiger partial charge on any atom is 0.251 e. The van der Waals surface area contributed by atoms with Gasteiger partial charge in [0.15, 0.2) is 11.5 Å². The number of rotatable bonds is 9. The third-order valence-electron chi connectivity index (χ3n) is 4.62. The molecule has 0 aliphatic carbocycles. The van der Waals surface area contributed by atoms with Gasteiger partial charge in [-0.25, -0.2) is 4.98 Å². The van der Waals surface area contributed by atoms with Crippen molar-refractivity contribution in [2.75, 3.05) is 19.8 Å². The summed E-state index contributed by atoms with van der Waals surface area (Å²) < 4.78 is 13.4. The first-order chi connectivity index (χ1) is 14.0. The molecule has 0 spiro atoms. The van der Waals surface area contributed by atoms with Crippen LogP contribution in [0.4, 0.5) is 0 Å². The fourth-order valence-corrected chi connectivity index (χ4v) is 3.43. The number of hydrogen-bond donors (Lipinski definition) is 1. The highest BCUT2D eigenvalue weighted by Crippen LogP contribution is 2.28. The Morgan fingerprint density at radius 3 is 2.52 bits per heavy atom. The van der Waals surface area contributed by atoms with Crippen LogP contribution in [0.1, 0.15) is 49.9 Å². The molecule has 29 heavy (non-hydrogen) atoms. The second-order valence-corrected chi connectivity index (χ2v) is 7.01. The zero-order valence-corrected chi connectivity index (χ0v) is 17.6. The minimum Gasteiger partial charge on any atom is -0.490 e. The monoisotopic (exact) mass is 395 g/mol. The molecule has 154 valence electrons. The van der Waals surface area contributed by atoms with E-state index in [-0.39, 0.29) is 5.91 Å². The molecule has 6 heteroatoms. The summed E-state index contributed by atoms with van der Waals surface area (Å²) >= 11 is 0. The lowest BCUT2D eigenvalue weighted by molar-refractivity contribution is 0.0953. The van der Waals surface area contributed by atoms with Crippen LogP contribution in [0.5, 0.6) is 11.5 Å². The molecular formula is C23H29N3O3. The Hall–Kier alpha value is -3.02. The van der Waals surface area contributed by atoms with Crippen molar-refractivity contribution in [1.29, 1.82) is 0 Å². The van der Waals surface area contributed by atoms with Crippen molar-refractivity contribution in [1.82, 2.24) is 14.9 Å². The molecule has 0 fully saturated rings. The third kappa shape index (κ3) is 4.70. The molecule has 3 rings (SSSR count). The van der Waals surface area contributed by atoms with Gasteiger partial charge in [0, 0.05) is 24.6 Å². The van der Waals surface area contributed by atoms with Gasteiger partial charge in [-0.05, 0) is 58.0 Å². The molecular weight excluding hydrogens is 366 g/mol. The molecule has 1 N–H and O–H groups in total. The summed E-state index contributed by atoms with van der Waals surface area (Å²) in [7, 11) is 0. The van der Waals surface area contributed by atoms with Gasteiger partial charge in [0.1, 0.15) is 5.82 Å². The summed E-state index contributed by atoms with van der Waals surface area (Å²) in [5.74, 6) is 2.07. The molecule has 0 unspecified atom stereocenters. The number of fused-ring (bicyclic) bond motifs is 1. The van der Waals surface area contributed by atoms with Crippen molar-refractivity contribution >= 4 is 16.9 Å². The molecule has 0 atom stereocenters. The highest BCUT2D eigenvalue weighted by molar-refractivity contribution is 5.94. The van der Waals surface area contributed by atoms with Crippen LogP contribution < -0.4 is 14.8 Å². The van der Waals surface area contributed by atoms with Crippen LogP contribution in [-0.2, 0) is 6.42 Å². The van der Waals surface area contributed by atoms with E-state index in [4.69, 9.17) is 14.5 Å². The van der Waals surface area contributed by atoms with Crippen LogP contribution >= 0.6 is 0 Å². The van der Waals surface area contributed by atoms with Gasteiger partial charge in [0.05, 0.1) is 24.2 Å².